The fraction of sp³-hybridized carbons (Fsp3) is 0.292. The van der Waals surface area contributed by atoms with Crippen LogP contribution in [0.2, 0.25) is 0 Å². The van der Waals surface area contributed by atoms with Crippen molar-refractivity contribution < 1.29 is 14.3 Å². The summed E-state index contributed by atoms with van der Waals surface area (Å²) in [6.45, 7) is 0.889. The van der Waals surface area contributed by atoms with Gasteiger partial charge in [-0.05, 0) is 54.7 Å². The average Bonchev–Trinajstić information content (AvgIpc) is 2.80. The average molecular weight is 417 g/mol. The van der Waals surface area contributed by atoms with Crippen LogP contribution in [0.15, 0.2) is 59.4 Å². The molecule has 0 saturated carbocycles. The van der Waals surface area contributed by atoms with Crippen LogP contribution >= 0.6 is 0 Å². The zero-order valence-corrected chi connectivity index (χ0v) is 17.0. The minimum atomic E-state index is -0.319. The van der Waals surface area contributed by atoms with Crippen LogP contribution in [-0.4, -0.2) is 28.9 Å². The lowest BCUT2D eigenvalue weighted by Crippen LogP contribution is -2.36. The Kier molecular flexibility index (Phi) is 5.16. The summed E-state index contributed by atoms with van der Waals surface area (Å²) in [5.41, 5.74) is 3.50. The molecule has 0 fully saturated rings. The Morgan fingerprint density at radius 2 is 1.90 bits per heavy atom. The second kappa shape index (κ2) is 8.26. The highest BCUT2D eigenvalue weighted by molar-refractivity contribution is 5.76. The first kappa shape index (κ1) is 19.4. The van der Waals surface area contributed by atoms with Gasteiger partial charge in [0.2, 0.25) is 5.91 Å². The largest absolute Gasteiger partial charge is 0.486 e. The maximum absolute atomic E-state index is 12.7. The van der Waals surface area contributed by atoms with Gasteiger partial charge in [-0.2, -0.15) is 5.10 Å². The standard InChI is InChI=1S/C24H23N3O4/c28-23(25-20-7-3-5-16-4-1-2-6-18(16)20)15-27-24(29)11-9-19(26-27)17-8-10-21-22(14-17)31-13-12-30-21/h1-2,4,6,8-11,14,20H,3,5,7,12-13,15H2,(H,25,28)/t20-/m0/s1. The summed E-state index contributed by atoms with van der Waals surface area (Å²) in [5.74, 6) is 1.11. The summed E-state index contributed by atoms with van der Waals surface area (Å²) in [7, 11) is 0. The van der Waals surface area contributed by atoms with Gasteiger partial charge in [0.05, 0.1) is 11.7 Å². The molecule has 2 heterocycles. The van der Waals surface area contributed by atoms with Crippen LogP contribution < -0.4 is 20.3 Å². The van der Waals surface area contributed by atoms with Gasteiger partial charge in [-0.15, -0.1) is 0 Å². The molecule has 3 aromatic rings. The van der Waals surface area contributed by atoms with Crippen molar-refractivity contribution in [2.24, 2.45) is 0 Å². The maximum atomic E-state index is 12.7. The predicted octanol–water partition coefficient (Wildman–Crippen LogP) is 2.88. The SMILES string of the molecule is O=C(Cn1nc(-c2ccc3c(c2)OCCO3)ccc1=O)N[C@H]1CCCc2ccccc21. The normalized spacial score (nSPS) is 17.0. The number of benzene rings is 2. The third-order valence-corrected chi connectivity index (χ3v) is 5.70. The molecule has 0 saturated heterocycles. The van der Waals surface area contributed by atoms with E-state index in [9.17, 15) is 9.59 Å². The van der Waals surface area contributed by atoms with Crippen molar-refractivity contribution >= 4 is 5.91 Å². The number of aryl methyl sites for hydroxylation is 1. The van der Waals surface area contributed by atoms with Gasteiger partial charge in [0, 0.05) is 11.6 Å². The number of hydrogen-bond acceptors (Lipinski definition) is 5. The molecule has 5 rings (SSSR count). The van der Waals surface area contributed by atoms with Gasteiger partial charge in [-0.3, -0.25) is 9.59 Å². The highest BCUT2D eigenvalue weighted by atomic mass is 16.6. The molecule has 1 N–H and O–H groups in total. The molecule has 7 nitrogen and oxygen atoms in total. The van der Waals surface area contributed by atoms with E-state index in [0.717, 1.165) is 30.4 Å². The number of aromatic nitrogens is 2. The van der Waals surface area contributed by atoms with Crippen LogP contribution in [0.4, 0.5) is 0 Å². The molecule has 0 spiro atoms. The zero-order valence-electron chi connectivity index (χ0n) is 17.0. The molecule has 1 aliphatic heterocycles. The quantitative estimate of drug-likeness (QED) is 0.706. The van der Waals surface area contributed by atoms with E-state index < -0.39 is 0 Å². The number of ether oxygens (including phenoxy) is 2. The topological polar surface area (TPSA) is 82.5 Å². The van der Waals surface area contributed by atoms with Crippen LogP contribution in [0.3, 0.4) is 0 Å². The third-order valence-electron chi connectivity index (χ3n) is 5.70. The number of fused-ring (bicyclic) bond motifs is 2. The van der Waals surface area contributed by atoms with Crippen molar-refractivity contribution in [3.8, 4) is 22.8 Å². The number of nitrogens with one attached hydrogen (secondary N) is 1. The summed E-state index contributed by atoms with van der Waals surface area (Å²) in [6, 6.07) is 16.8. The Balaban J connectivity index is 1.34. The molecule has 31 heavy (non-hydrogen) atoms. The predicted molar refractivity (Wildman–Crippen MR) is 115 cm³/mol. The van der Waals surface area contributed by atoms with Crippen LogP contribution in [0.1, 0.15) is 30.0 Å². The number of carbonyl (C=O) groups is 1. The number of amides is 1. The Morgan fingerprint density at radius 3 is 2.81 bits per heavy atom. The van der Waals surface area contributed by atoms with Crippen LogP contribution in [-0.2, 0) is 17.8 Å². The van der Waals surface area contributed by atoms with E-state index in [1.165, 1.54) is 16.3 Å². The van der Waals surface area contributed by atoms with Crippen molar-refractivity contribution in [3.63, 3.8) is 0 Å². The molecule has 1 aromatic heterocycles. The van der Waals surface area contributed by atoms with E-state index in [-0.39, 0.29) is 24.1 Å². The van der Waals surface area contributed by atoms with Crippen molar-refractivity contribution in [1.82, 2.24) is 15.1 Å². The van der Waals surface area contributed by atoms with Crippen molar-refractivity contribution in [3.05, 3.63) is 76.1 Å². The molecule has 1 aliphatic carbocycles. The smallest absolute Gasteiger partial charge is 0.267 e. The lowest BCUT2D eigenvalue weighted by Gasteiger charge is -2.26. The summed E-state index contributed by atoms with van der Waals surface area (Å²) in [6.07, 6.45) is 2.95. The van der Waals surface area contributed by atoms with Crippen LogP contribution in [0, 0.1) is 0 Å². The first-order valence-electron chi connectivity index (χ1n) is 10.5. The summed E-state index contributed by atoms with van der Waals surface area (Å²) in [4.78, 5) is 25.1. The number of nitrogens with zero attached hydrogens (tertiary/aromatic N) is 2. The first-order valence-corrected chi connectivity index (χ1v) is 10.5. The minimum Gasteiger partial charge on any atom is -0.486 e. The molecule has 7 heteroatoms. The highest BCUT2D eigenvalue weighted by Gasteiger charge is 2.22. The van der Waals surface area contributed by atoms with Crippen molar-refractivity contribution in [1.29, 1.82) is 0 Å². The molecular weight excluding hydrogens is 394 g/mol. The molecule has 158 valence electrons. The maximum Gasteiger partial charge on any atom is 0.267 e. The van der Waals surface area contributed by atoms with Crippen molar-refractivity contribution in [2.45, 2.75) is 31.8 Å². The van der Waals surface area contributed by atoms with Crippen molar-refractivity contribution in [2.75, 3.05) is 13.2 Å². The molecular formula is C24H23N3O4. The van der Waals surface area contributed by atoms with Gasteiger partial charge in [-0.1, -0.05) is 24.3 Å². The number of rotatable bonds is 4. The van der Waals surface area contributed by atoms with Gasteiger partial charge in [-0.25, -0.2) is 4.68 Å². The van der Waals surface area contributed by atoms with E-state index >= 15 is 0 Å². The molecule has 1 amide bonds. The zero-order chi connectivity index (χ0) is 21.2. The van der Waals surface area contributed by atoms with Gasteiger partial charge in [0.1, 0.15) is 19.8 Å². The fourth-order valence-corrected chi connectivity index (χ4v) is 4.20. The first-order chi connectivity index (χ1) is 15.2. The summed E-state index contributed by atoms with van der Waals surface area (Å²) in [5, 5.41) is 7.49. The summed E-state index contributed by atoms with van der Waals surface area (Å²) < 4.78 is 12.4. The molecule has 2 aliphatic rings. The minimum absolute atomic E-state index is 0.0332. The number of carbonyl (C=O) groups excluding carboxylic acids is 1. The lowest BCUT2D eigenvalue weighted by molar-refractivity contribution is -0.122. The van der Waals surface area contributed by atoms with E-state index in [1.807, 2.05) is 30.3 Å². The summed E-state index contributed by atoms with van der Waals surface area (Å²) >= 11 is 0. The van der Waals surface area contributed by atoms with Gasteiger partial charge >= 0.3 is 0 Å². The second-order valence-corrected chi connectivity index (χ2v) is 7.78. The highest BCUT2D eigenvalue weighted by Crippen LogP contribution is 2.33. The van der Waals surface area contributed by atoms with Gasteiger partial charge in [0.25, 0.3) is 5.56 Å². The van der Waals surface area contributed by atoms with E-state index in [1.54, 1.807) is 6.07 Å². The molecule has 0 bridgehead atoms. The molecule has 0 unspecified atom stereocenters. The third kappa shape index (κ3) is 4.03. The Labute approximate surface area is 179 Å². The monoisotopic (exact) mass is 417 g/mol. The molecule has 0 radical (unpaired) electrons. The van der Waals surface area contributed by atoms with Gasteiger partial charge in [0.15, 0.2) is 11.5 Å². The Hall–Kier alpha value is -3.61. The Morgan fingerprint density at radius 1 is 1.06 bits per heavy atom. The Bertz CT molecular complexity index is 1190. The second-order valence-electron chi connectivity index (χ2n) is 7.78. The number of hydrogen-bond donors (Lipinski definition) is 1. The molecule has 1 atom stereocenters. The van der Waals surface area contributed by atoms with Crippen LogP contribution in [0.25, 0.3) is 11.3 Å². The van der Waals surface area contributed by atoms with E-state index in [2.05, 4.69) is 22.5 Å². The van der Waals surface area contributed by atoms with E-state index in [0.29, 0.717) is 30.4 Å². The lowest BCUT2D eigenvalue weighted by atomic mass is 9.88. The van der Waals surface area contributed by atoms with Gasteiger partial charge < -0.3 is 14.8 Å². The van der Waals surface area contributed by atoms with E-state index in [4.69, 9.17) is 9.47 Å². The van der Waals surface area contributed by atoms with Crippen LogP contribution in [0.5, 0.6) is 11.5 Å². The fourth-order valence-electron chi connectivity index (χ4n) is 4.20. The molecule has 2 aromatic carbocycles.